The molecule has 0 aromatic heterocycles. The molecule has 1 N–H and O–H groups in total. The Morgan fingerprint density at radius 1 is 1.15 bits per heavy atom. The summed E-state index contributed by atoms with van der Waals surface area (Å²) < 4.78 is 0. The first kappa shape index (κ1) is 16.2. The molecule has 0 radical (unpaired) electrons. The Morgan fingerprint density at radius 2 is 1.80 bits per heavy atom. The standard InChI is InChI=1S/C15H23N3O2/c1-4-18(13-8-6-5-7-9-13)15(20)12-14(19)16-10-11-17(2)3/h5-9H,4,10-12H2,1-3H3,(H,16,19). The quantitative estimate of drug-likeness (QED) is 0.760. The lowest BCUT2D eigenvalue weighted by Gasteiger charge is -2.20. The van der Waals surface area contributed by atoms with Crippen molar-refractivity contribution in [2.24, 2.45) is 0 Å². The zero-order valence-electron chi connectivity index (χ0n) is 12.4. The summed E-state index contributed by atoms with van der Waals surface area (Å²) in [7, 11) is 3.87. The van der Waals surface area contributed by atoms with Crippen molar-refractivity contribution in [3.63, 3.8) is 0 Å². The van der Waals surface area contributed by atoms with Gasteiger partial charge in [-0.3, -0.25) is 9.59 Å². The first-order valence-electron chi connectivity index (χ1n) is 6.81. The van der Waals surface area contributed by atoms with E-state index < -0.39 is 0 Å². The van der Waals surface area contributed by atoms with E-state index in [1.807, 2.05) is 56.3 Å². The van der Waals surface area contributed by atoms with Crippen molar-refractivity contribution >= 4 is 17.5 Å². The lowest BCUT2D eigenvalue weighted by molar-refractivity contribution is -0.127. The lowest BCUT2D eigenvalue weighted by atomic mass is 10.2. The molecule has 20 heavy (non-hydrogen) atoms. The van der Waals surface area contributed by atoms with Crippen LogP contribution in [0.2, 0.25) is 0 Å². The van der Waals surface area contributed by atoms with Gasteiger partial charge in [0.15, 0.2) is 0 Å². The number of hydrogen-bond donors (Lipinski definition) is 1. The molecule has 0 bridgehead atoms. The van der Waals surface area contributed by atoms with E-state index in [4.69, 9.17) is 0 Å². The van der Waals surface area contributed by atoms with Crippen LogP contribution < -0.4 is 10.2 Å². The zero-order valence-corrected chi connectivity index (χ0v) is 12.4. The molecule has 2 amide bonds. The van der Waals surface area contributed by atoms with Crippen LogP contribution in [-0.4, -0.2) is 50.4 Å². The molecule has 0 heterocycles. The third kappa shape index (κ3) is 5.40. The number of carbonyl (C=O) groups excluding carboxylic acids is 2. The number of likely N-dealkylation sites (N-methyl/N-ethyl adjacent to an activating group) is 1. The van der Waals surface area contributed by atoms with Gasteiger partial charge >= 0.3 is 0 Å². The van der Waals surface area contributed by atoms with Crippen LogP contribution in [0.25, 0.3) is 0 Å². The molecule has 0 atom stereocenters. The maximum Gasteiger partial charge on any atom is 0.236 e. The highest BCUT2D eigenvalue weighted by Crippen LogP contribution is 2.13. The summed E-state index contributed by atoms with van der Waals surface area (Å²) in [5, 5.41) is 2.75. The number of hydrogen-bond acceptors (Lipinski definition) is 3. The predicted molar refractivity (Wildman–Crippen MR) is 80.6 cm³/mol. The van der Waals surface area contributed by atoms with Crippen molar-refractivity contribution in [2.45, 2.75) is 13.3 Å². The number of anilines is 1. The zero-order chi connectivity index (χ0) is 15.0. The van der Waals surface area contributed by atoms with Crippen molar-refractivity contribution in [1.29, 1.82) is 0 Å². The summed E-state index contributed by atoms with van der Waals surface area (Å²) in [6.07, 6.45) is -0.115. The van der Waals surface area contributed by atoms with E-state index in [1.54, 1.807) is 4.90 Å². The Bertz CT molecular complexity index is 432. The molecule has 1 aromatic carbocycles. The third-order valence-electron chi connectivity index (χ3n) is 2.88. The van der Waals surface area contributed by atoms with Crippen LogP contribution in [0.15, 0.2) is 30.3 Å². The summed E-state index contributed by atoms with van der Waals surface area (Å²) in [5.41, 5.74) is 0.820. The number of nitrogens with one attached hydrogen (secondary N) is 1. The van der Waals surface area contributed by atoms with Crippen LogP contribution in [-0.2, 0) is 9.59 Å². The van der Waals surface area contributed by atoms with E-state index in [0.717, 1.165) is 12.2 Å². The minimum Gasteiger partial charge on any atom is -0.354 e. The molecule has 0 aliphatic carbocycles. The van der Waals surface area contributed by atoms with Crippen LogP contribution in [0.1, 0.15) is 13.3 Å². The highest BCUT2D eigenvalue weighted by atomic mass is 16.2. The second-order valence-electron chi connectivity index (χ2n) is 4.80. The SMILES string of the molecule is CCN(C(=O)CC(=O)NCCN(C)C)c1ccccc1. The van der Waals surface area contributed by atoms with Gasteiger partial charge in [-0.05, 0) is 33.2 Å². The molecule has 5 heteroatoms. The number of rotatable bonds is 7. The molecular formula is C15H23N3O2. The fraction of sp³-hybridized carbons (Fsp3) is 0.467. The molecular weight excluding hydrogens is 254 g/mol. The van der Waals surface area contributed by atoms with E-state index in [9.17, 15) is 9.59 Å². The number of benzene rings is 1. The maximum atomic E-state index is 12.1. The van der Waals surface area contributed by atoms with Gasteiger partial charge in [0, 0.05) is 25.3 Å². The monoisotopic (exact) mass is 277 g/mol. The second kappa shape index (κ2) is 8.32. The number of para-hydroxylation sites is 1. The molecule has 5 nitrogen and oxygen atoms in total. The van der Waals surface area contributed by atoms with Crippen molar-refractivity contribution in [3.8, 4) is 0 Å². The van der Waals surface area contributed by atoms with Crippen molar-refractivity contribution < 1.29 is 9.59 Å². The van der Waals surface area contributed by atoms with E-state index in [0.29, 0.717) is 13.1 Å². The molecule has 0 aliphatic heterocycles. The summed E-state index contributed by atoms with van der Waals surface area (Å²) in [4.78, 5) is 27.4. The fourth-order valence-corrected chi connectivity index (χ4v) is 1.83. The predicted octanol–water partition coefficient (Wildman–Crippen LogP) is 1.11. The van der Waals surface area contributed by atoms with Crippen LogP contribution in [0.5, 0.6) is 0 Å². The van der Waals surface area contributed by atoms with Gasteiger partial charge < -0.3 is 15.1 Å². The summed E-state index contributed by atoms with van der Waals surface area (Å²) in [6.45, 7) is 3.76. The fourth-order valence-electron chi connectivity index (χ4n) is 1.83. The van der Waals surface area contributed by atoms with E-state index >= 15 is 0 Å². The van der Waals surface area contributed by atoms with Crippen LogP contribution in [0.3, 0.4) is 0 Å². The van der Waals surface area contributed by atoms with Crippen LogP contribution >= 0.6 is 0 Å². The lowest BCUT2D eigenvalue weighted by Crippen LogP contribution is -2.37. The molecule has 1 rings (SSSR count). The topological polar surface area (TPSA) is 52.7 Å². The molecule has 0 saturated heterocycles. The maximum absolute atomic E-state index is 12.1. The molecule has 0 saturated carbocycles. The van der Waals surface area contributed by atoms with Gasteiger partial charge in [-0.15, -0.1) is 0 Å². The van der Waals surface area contributed by atoms with Crippen molar-refractivity contribution in [2.75, 3.05) is 38.6 Å². The highest BCUT2D eigenvalue weighted by molar-refractivity contribution is 6.04. The minimum absolute atomic E-state index is 0.115. The van der Waals surface area contributed by atoms with E-state index in [-0.39, 0.29) is 18.2 Å². The largest absolute Gasteiger partial charge is 0.354 e. The normalized spacial score (nSPS) is 10.4. The van der Waals surface area contributed by atoms with Crippen LogP contribution in [0.4, 0.5) is 5.69 Å². The average molecular weight is 277 g/mol. The Labute approximate surface area is 120 Å². The van der Waals surface area contributed by atoms with Crippen molar-refractivity contribution in [3.05, 3.63) is 30.3 Å². The molecule has 0 aliphatic rings. The molecule has 0 fully saturated rings. The van der Waals surface area contributed by atoms with Crippen molar-refractivity contribution in [1.82, 2.24) is 10.2 Å². The van der Waals surface area contributed by atoms with Gasteiger partial charge in [0.1, 0.15) is 6.42 Å². The first-order chi connectivity index (χ1) is 9.54. The molecule has 110 valence electrons. The Kier molecular flexibility index (Phi) is 6.73. The molecule has 0 spiro atoms. The molecule has 0 unspecified atom stereocenters. The number of nitrogens with zero attached hydrogens (tertiary/aromatic N) is 2. The van der Waals surface area contributed by atoms with Gasteiger partial charge in [0.2, 0.25) is 11.8 Å². The van der Waals surface area contributed by atoms with Gasteiger partial charge in [-0.1, -0.05) is 18.2 Å². The molecule has 1 aromatic rings. The van der Waals surface area contributed by atoms with Gasteiger partial charge in [0.25, 0.3) is 0 Å². The number of amides is 2. The van der Waals surface area contributed by atoms with Gasteiger partial charge in [0.05, 0.1) is 0 Å². The van der Waals surface area contributed by atoms with E-state index in [1.165, 1.54) is 0 Å². The average Bonchev–Trinajstić information content (AvgIpc) is 2.40. The third-order valence-corrected chi connectivity index (χ3v) is 2.88. The minimum atomic E-state index is -0.230. The Hall–Kier alpha value is -1.88. The summed E-state index contributed by atoms with van der Waals surface area (Å²) in [5.74, 6) is -0.410. The Balaban J connectivity index is 2.50. The Morgan fingerprint density at radius 3 is 2.35 bits per heavy atom. The first-order valence-corrected chi connectivity index (χ1v) is 6.81. The number of carbonyl (C=O) groups is 2. The van der Waals surface area contributed by atoms with Gasteiger partial charge in [-0.25, -0.2) is 0 Å². The summed E-state index contributed by atoms with van der Waals surface area (Å²) in [6, 6.07) is 9.39. The van der Waals surface area contributed by atoms with E-state index in [2.05, 4.69) is 5.32 Å². The highest BCUT2D eigenvalue weighted by Gasteiger charge is 2.17. The summed E-state index contributed by atoms with van der Waals surface area (Å²) >= 11 is 0. The smallest absolute Gasteiger partial charge is 0.236 e. The van der Waals surface area contributed by atoms with Gasteiger partial charge in [-0.2, -0.15) is 0 Å². The second-order valence-corrected chi connectivity index (χ2v) is 4.80. The van der Waals surface area contributed by atoms with Crippen LogP contribution in [0, 0.1) is 0 Å².